The van der Waals surface area contributed by atoms with Gasteiger partial charge in [-0.25, -0.2) is 18.4 Å². The lowest BCUT2D eigenvalue weighted by Gasteiger charge is -2.39. The summed E-state index contributed by atoms with van der Waals surface area (Å²) in [6, 6.07) is 2.11. The molecule has 0 aromatic carbocycles. The van der Waals surface area contributed by atoms with E-state index in [0.29, 0.717) is 25.6 Å². The number of piperazine rings is 1. The topological polar surface area (TPSA) is 87.7 Å². The van der Waals surface area contributed by atoms with Gasteiger partial charge in [0.15, 0.2) is 0 Å². The van der Waals surface area contributed by atoms with Gasteiger partial charge in [-0.1, -0.05) is 13.8 Å². The number of hydrogen-bond donors (Lipinski definition) is 1. The average Bonchev–Trinajstić information content (AvgIpc) is 2.61. The van der Waals surface area contributed by atoms with Crippen LogP contribution >= 0.6 is 0 Å². The van der Waals surface area contributed by atoms with Gasteiger partial charge in [0.1, 0.15) is 18.0 Å². The zero-order valence-electron chi connectivity index (χ0n) is 16.6. The molecule has 152 valence electrons. The molecule has 3 heterocycles. The van der Waals surface area contributed by atoms with Gasteiger partial charge in [-0.15, -0.1) is 0 Å². The molecule has 3 atom stereocenters. The Hall–Kier alpha value is -1.45. The van der Waals surface area contributed by atoms with Crippen molar-refractivity contribution >= 4 is 21.7 Å². The van der Waals surface area contributed by atoms with E-state index >= 15 is 0 Å². The van der Waals surface area contributed by atoms with Gasteiger partial charge < -0.3 is 15.0 Å². The SMILES string of the molecule is CC(C)[C@H]1OCCC[C@H]1Nc1cc(N2CCN(S(C)(=O)=O)[C@@H](C)C2)ncn1. The summed E-state index contributed by atoms with van der Waals surface area (Å²) in [6.45, 7) is 8.81. The third-order valence-corrected chi connectivity index (χ3v) is 6.72. The number of sulfonamides is 1. The first-order valence-electron chi connectivity index (χ1n) is 9.67. The molecule has 27 heavy (non-hydrogen) atoms. The number of hydrogen-bond acceptors (Lipinski definition) is 7. The van der Waals surface area contributed by atoms with Crippen molar-refractivity contribution in [1.82, 2.24) is 14.3 Å². The largest absolute Gasteiger partial charge is 0.376 e. The van der Waals surface area contributed by atoms with Crippen LogP contribution in [0.25, 0.3) is 0 Å². The van der Waals surface area contributed by atoms with Crippen LogP contribution in [0.15, 0.2) is 12.4 Å². The summed E-state index contributed by atoms with van der Waals surface area (Å²) < 4.78 is 31.2. The Morgan fingerprint density at radius 3 is 2.74 bits per heavy atom. The number of rotatable bonds is 5. The van der Waals surface area contributed by atoms with Crippen molar-refractivity contribution in [3.05, 3.63) is 12.4 Å². The normalized spacial score (nSPS) is 27.7. The smallest absolute Gasteiger partial charge is 0.211 e. The summed E-state index contributed by atoms with van der Waals surface area (Å²) in [5.74, 6) is 2.05. The van der Waals surface area contributed by atoms with E-state index in [0.717, 1.165) is 31.1 Å². The molecule has 0 saturated carbocycles. The van der Waals surface area contributed by atoms with Gasteiger partial charge in [0.05, 0.1) is 18.4 Å². The maximum atomic E-state index is 11.9. The Balaban J connectivity index is 1.69. The molecule has 0 bridgehead atoms. The summed E-state index contributed by atoms with van der Waals surface area (Å²) in [7, 11) is -3.17. The van der Waals surface area contributed by atoms with Crippen LogP contribution in [-0.4, -0.2) is 73.4 Å². The minimum absolute atomic E-state index is 0.0859. The van der Waals surface area contributed by atoms with Crippen molar-refractivity contribution in [2.24, 2.45) is 5.92 Å². The summed E-state index contributed by atoms with van der Waals surface area (Å²) in [4.78, 5) is 10.9. The minimum Gasteiger partial charge on any atom is -0.376 e. The highest BCUT2D eigenvalue weighted by atomic mass is 32.2. The summed E-state index contributed by atoms with van der Waals surface area (Å²) in [5, 5.41) is 3.53. The van der Waals surface area contributed by atoms with Crippen LogP contribution in [0.2, 0.25) is 0 Å². The molecule has 1 N–H and O–H groups in total. The average molecular weight is 398 g/mol. The van der Waals surface area contributed by atoms with Crippen LogP contribution in [0, 0.1) is 5.92 Å². The zero-order chi connectivity index (χ0) is 19.6. The van der Waals surface area contributed by atoms with E-state index in [2.05, 4.69) is 34.0 Å². The molecular formula is C18H31N5O3S. The lowest BCUT2D eigenvalue weighted by Crippen LogP contribution is -2.53. The first-order valence-corrected chi connectivity index (χ1v) is 11.5. The van der Waals surface area contributed by atoms with Gasteiger partial charge in [-0.3, -0.25) is 0 Å². The second kappa shape index (κ2) is 8.28. The van der Waals surface area contributed by atoms with Crippen molar-refractivity contribution in [2.45, 2.75) is 51.8 Å². The van der Waals surface area contributed by atoms with Crippen molar-refractivity contribution in [3.63, 3.8) is 0 Å². The fourth-order valence-electron chi connectivity index (χ4n) is 4.05. The molecule has 0 unspecified atom stereocenters. The van der Waals surface area contributed by atoms with Gasteiger partial charge >= 0.3 is 0 Å². The molecule has 2 saturated heterocycles. The van der Waals surface area contributed by atoms with E-state index in [1.807, 2.05) is 13.0 Å². The van der Waals surface area contributed by atoms with Crippen molar-refractivity contribution in [3.8, 4) is 0 Å². The van der Waals surface area contributed by atoms with Gasteiger partial charge in [0, 0.05) is 38.3 Å². The summed E-state index contributed by atoms with van der Waals surface area (Å²) >= 11 is 0. The van der Waals surface area contributed by atoms with Gasteiger partial charge in [0.2, 0.25) is 10.0 Å². The van der Waals surface area contributed by atoms with Crippen LogP contribution in [0.3, 0.4) is 0 Å². The third kappa shape index (κ3) is 4.89. The maximum Gasteiger partial charge on any atom is 0.211 e. The van der Waals surface area contributed by atoms with E-state index < -0.39 is 10.0 Å². The Morgan fingerprint density at radius 1 is 1.30 bits per heavy atom. The molecule has 1 aromatic rings. The number of nitrogens with one attached hydrogen (secondary N) is 1. The molecule has 8 nitrogen and oxygen atoms in total. The fraction of sp³-hybridized carbons (Fsp3) is 0.778. The number of aromatic nitrogens is 2. The van der Waals surface area contributed by atoms with Crippen LogP contribution in [0.5, 0.6) is 0 Å². The molecule has 9 heteroatoms. The van der Waals surface area contributed by atoms with E-state index in [4.69, 9.17) is 4.74 Å². The van der Waals surface area contributed by atoms with E-state index in [1.165, 1.54) is 6.26 Å². The van der Waals surface area contributed by atoms with Crippen LogP contribution in [-0.2, 0) is 14.8 Å². The van der Waals surface area contributed by atoms with Crippen molar-refractivity contribution in [1.29, 1.82) is 0 Å². The maximum absolute atomic E-state index is 11.9. The molecule has 0 amide bonds. The Morgan fingerprint density at radius 2 is 2.07 bits per heavy atom. The fourth-order valence-corrected chi connectivity index (χ4v) is 5.18. The quantitative estimate of drug-likeness (QED) is 0.807. The van der Waals surface area contributed by atoms with Crippen LogP contribution in [0.1, 0.15) is 33.6 Å². The highest BCUT2D eigenvalue weighted by molar-refractivity contribution is 7.88. The number of anilines is 2. The highest BCUT2D eigenvalue weighted by Gasteiger charge is 2.31. The number of ether oxygens (including phenoxy) is 1. The van der Waals surface area contributed by atoms with Crippen molar-refractivity contribution < 1.29 is 13.2 Å². The summed E-state index contributed by atoms with van der Waals surface area (Å²) in [6.07, 6.45) is 5.12. The Bertz CT molecular complexity index is 742. The Kier molecular flexibility index (Phi) is 6.22. The first-order chi connectivity index (χ1) is 12.8. The van der Waals surface area contributed by atoms with Gasteiger partial charge in [-0.2, -0.15) is 4.31 Å². The highest BCUT2D eigenvalue weighted by Crippen LogP contribution is 2.25. The predicted octanol–water partition coefficient (Wildman–Crippen LogP) is 1.56. The zero-order valence-corrected chi connectivity index (χ0v) is 17.4. The minimum atomic E-state index is -3.17. The molecule has 2 fully saturated rings. The van der Waals surface area contributed by atoms with Crippen LogP contribution in [0.4, 0.5) is 11.6 Å². The van der Waals surface area contributed by atoms with Crippen LogP contribution < -0.4 is 10.2 Å². The molecule has 0 radical (unpaired) electrons. The monoisotopic (exact) mass is 397 g/mol. The molecule has 3 rings (SSSR count). The summed E-state index contributed by atoms with van der Waals surface area (Å²) in [5.41, 5.74) is 0. The van der Waals surface area contributed by atoms with E-state index in [1.54, 1.807) is 10.6 Å². The molecular weight excluding hydrogens is 366 g/mol. The lowest BCUT2D eigenvalue weighted by molar-refractivity contribution is -0.0203. The van der Waals surface area contributed by atoms with E-state index in [9.17, 15) is 8.42 Å². The predicted molar refractivity (Wildman–Crippen MR) is 106 cm³/mol. The molecule has 0 spiro atoms. The standard InChI is InChI=1S/C18H31N5O3S/c1-13(2)18-15(6-5-9-26-18)21-16-10-17(20-12-19-16)22-7-8-23(14(3)11-22)27(4,24)25/h10,12-15,18H,5-9,11H2,1-4H3,(H,19,20,21)/t14-,15+,18+/m0/s1. The molecule has 1 aromatic heterocycles. The van der Waals surface area contributed by atoms with Gasteiger partial charge in [0.25, 0.3) is 0 Å². The first kappa shape index (κ1) is 20.3. The Labute approximate surface area is 162 Å². The molecule has 2 aliphatic heterocycles. The molecule has 2 aliphatic rings. The second-order valence-corrected chi connectivity index (χ2v) is 9.84. The second-order valence-electron chi connectivity index (χ2n) is 7.90. The van der Waals surface area contributed by atoms with Crippen molar-refractivity contribution in [2.75, 3.05) is 42.7 Å². The van der Waals surface area contributed by atoms with E-state index in [-0.39, 0.29) is 18.2 Å². The molecule has 0 aliphatic carbocycles. The van der Waals surface area contributed by atoms with Gasteiger partial charge in [-0.05, 0) is 25.7 Å². The third-order valence-electron chi connectivity index (χ3n) is 5.33. The number of nitrogens with zero attached hydrogens (tertiary/aromatic N) is 4. The lowest BCUT2D eigenvalue weighted by atomic mass is 9.94.